The highest BCUT2D eigenvalue weighted by molar-refractivity contribution is 5.85. The van der Waals surface area contributed by atoms with Crippen molar-refractivity contribution in [1.29, 1.82) is 0 Å². The Morgan fingerprint density at radius 3 is 2.71 bits per heavy atom. The third-order valence-corrected chi connectivity index (χ3v) is 4.00. The fraction of sp³-hybridized carbons (Fsp3) is 0.529. The molecule has 2 rings (SSSR count). The summed E-state index contributed by atoms with van der Waals surface area (Å²) >= 11 is 0. The number of carbonyl (C=O) groups excluding carboxylic acids is 2. The molecule has 0 aromatic heterocycles. The van der Waals surface area contributed by atoms with E-state index in [1.165, 1.54) is 17.5 Å². The molecule has 0 spiro atoms. The molecule has 4 heteroatoms. The number of rotatable bonds is 7. The Morgan fingerprint density at radius 1 is 1.24 bits per heavy atom. The van der Waals surface area contributed by atoms with E-state index in [-0.39, 0.29) is 12.5 Å². The van der Waals surface area contributed by atoms with Crippen LogP contribution in [0.4, 0.5) is 0 Å². The average molecular weight is 288 g/mol. The Bertz CT molecular complexity index is 526. The molecule has 0 saturated heterocycles. The first-order valence-electron chi connectivity index (χ1n) is 7.77. The number of nitrogens with two attached hydrogens (primary N) is 1. The number of aryl methyl sites for hydroxylation is 2. The molecule has 1 aromatic rings. The van der Waals surface area contributed by atoms with Crippen LogP contribution in [-0.4, -0.2) is 29.8 Å². The topological polar surface area (TPSA) is 63.4 Å². The van der Waals surface area contributed by atoms with Crippen LogP contribution >= 0.6 is 0 Å². The van der Waals surface area contributed by atoms with Crippen molar-refractivity contribution in [3.63, 3.8) is 0 Å². The van der Waals surface area contributed by atoms with Gasteiger partial charge in [0.15, 0.2) is 0 Å². The molecule has 0 saturated carbocycles. The Morgan fingerprint density at radius 2 is 2.00 bits per heavy atom. The van der Waals surface area contributed by atoms with Crippen LogP contribution in [0, 0.1) is 0 Å². The lowest BCUT2D eigenvalue weighted by Gasteiger charge is -2.21. The second-order valence-electron chi connectivity index (χ2n) is 5.77. The SMILES string of the molecule is CCCCN(CC(N)=O)C(=O)Cc1ccc2c(c1)CCC2. The second kappa shape index (κ2) is 7.25. The molecule has 114 valence electrons. The predicted octanol–water partition coefficient (Wildman–Crippen LogP) is 1.83. The van der Waals surface area contributed by atoms with Crippen LogP contribution in [0.1, 0.15) is 42.9 Å². The number of nitrogens with zero attached hydrogens (tertiary/aromatic N) is 1. The van der Waals surface area contributed by atoms with E-state index in [1.807, 2.05) is 6.07 Å². The molecule has 0 unspecified atom stereocenters. The van der Waals surface area contributed by atoms with Gasteiger partial charge in [0, 0.05) is 6.54 Å². The van der Waals surface area contributed by atoms with E-state index < -0.39 is 5.91 Å². The maximum atomic E-state index is 12.4. The molecule has 1 aliphatic carbocycles. The van der Waals surface area contributed by atoms with Crippen molar-refractivity contribution < 1.29 is 9.59 Å². The van der Waals surface area contributed by atoms with Crippen molar-refractivity contribution in [2.24, 2.45) is 5.73 Å². The van der Waals surface area contributed by atoms with Crippen LogP contribution in [0.25, 0.3) is 0 Å². The van der Waals surface area contributed by atoms with Gasteiger partial charge in [-0.3, -0.25) is 9.59 Å². The van der Waals surface area contributed by atoms with Gasteiger partial charge < -0.3 is 10.6 Å². The van der Waals surface area contributed by atoms with E-state index in [0.29, 0.717) is 13.0 Å². The summed E-state index contributed by atoms with van der Waals surface area (Å²) in [4.78, 5) is 25.1. The summed E-state index contributed by atoms with van der Waals surface area (Å²) < 4.78 is 0. The van der Waals surface area contributed by atoms with Gasteiger partial charge in [-0.1, -0.05) is 31.5 Å². The highest BCUT2D eigenvalue weighted by atomic mass is 16.2. The van der Waals surface area contributed by atoms with E-state index in [4.69, 9.17) is 5.73 Å². The number of hydrogen-bond donors (Lipinski definition) is 1. The van der Waals surface area contributed by atoms with Crippen molar-refractivity contribution >= 4 is 11.8 Å². The monoisotopic (exact) mass is 288 g/mol. The Kier molecular flexibility index (Phi) is 5.37. The number of amides is 2. The number of hydrogen-bond acceptors (Lipinski definition) is 2. The molecule has 0 fully saturated rings. The van der Waals surface area contributed by atoms with Gasteiger partial charge in [0.05, 0.1) is 13.0 Å². The summed E-state index contributed by atoms with van der Waals surface area (Å²) in [5.74, 6) is -0.464. The van der Waals surface area contributed by atoms with Gasteiger partial charge in [0.25, 0.3) is 0 Å². The molecule has 0 atom stereocenters. The second-order valence-corrected chi connectivity index (χ2v) is 5.77. The molecule has 2 amide bonds. The quantitative estimate of drug-likeness (QED) is 0.832. The minimum Gasteiger partial charge on any atom is -0.368 e. The molecule has 0 aliphatic heterocycles. The Labute approximate surface area is 126 Å². The van der Waals surface area contributed by atoms with E-state index in [9.17, 15) is 9.59 Å². The first-order chi connectivity index (χ1) is 10.1. The van der Waals surface area contributed by atoms with Gasteiger partial charge in [0.2, 0.25) is 11.8 Å². The summed E-state index contributed by atoms with van der Waals surface area (Å²) in [7, 11) is 0. The van der Waals surface area contributed by atoms with Gasteiger partial charge in [-0.15, -0.1) is 0 Å². The fourth-order valence-corrected chi connectivity index (χ4v) is 2.85. The summed E-state index contributed by atoms with van der Waals surface area (Å²) in [6.45, 7) is 2.68. The molecule has 0 bridgehead atoms. The van der Waals surface area contributed by atoms with E-state index in [0.717, 1.165) is 31.2 Å². The standard InChI is InChI=1S/C17H24N2O2/c1-2-3-9-19(12-16(18)20)17(21)11-13-7-8-14-5-4-6-15(14)10-13/h7-8,10H,2-6,9,11-12H2,1H3,(H2,18,20). The lowest BCUT2D eigenvalue weighted by Crippen LogP contribution is -2.39. The molecule has 21 heavy (non-hydrogen) atoms. The first-order valence-corrected chi connectivity index (χ1v) is 7.77. The van der Waals surface area contributed by atoms with Gasteiger partial charge in [-0.2, -0.15) is 0 Å². The molecular formula is C17H24N2O2. The summed E-state index contributed by atoms with van der Waals surface area (Å²) in [5.41, 5.74) is 9.05. The number of primary amides is 1. The van der Waals surface area contributed by atoms with Crippen molar-refractivity contribution in [2.75, 3.05) is 13.1 Å². The van der Waals surface area contributed by atoms with Crippen LogP contribution in [-0.2, 0) is 28.9 Å². The Balaban J connectivity index is 2.01. The maximum Gasteiger partial charge on any atom is 0.237 e. The van der Waals surface area contributed by atoms with Gasteiger partial charge >= 0.3 is 0 Å². The number of carbonyl (C=O) groups is 2. The van der Waals surface area contributed by atoms with E-state index >= 15 is 0 Å². The predicted molar refractivity (Wildman–Crippen MR) is 82.9 cm³/mol. The molecular weight excluding hydrogens is 264 g/mol. The first kappa shape index (κ1) is 15.5. The zero-order chi connectivity index (χ0) is 15.2. The zero-order valence-corrected chi connectivity index (χ0v) is 12.7. The fourth-order valence-electron chi connectivity index (χ4n) is 2.85. The van der Waals surface area contributed by atoms with Gasteiger partial charge in [-0.05, 0) is 42.4 Å². The van der Waals surface area contributed by atoms with E-state index in [2.05, 4.69) is 19.1 Å². The minimum absolute atomic E-state index is 0.0137. The van der Waals surface area contributed by atoms with Crippen LogP contribution in [0.5, 0.6) is 0 Å². The van der Waals surface area contributed by atoms with Crippen molar-refractivity contribution in [1.82, 2.24) is 4.90 Å². The van der Waals surface area contributed by atoms with E-state index in [1.54, 1.807) is 4.90 Å². The zero-order valence-electron chi connectivity index (χ0n) is 12.7. The molecule has 1 aromatic carbocycles. The van der Waals surface area contributed by atoms with Crippen molar-refractivity contribution in [3.05, 3.63) is 34.9 Å². The largest absolute Gasteiger partial charge is 0.368 e. The van der Waals surface area contributed by atoms with Gasteiger partial charge in [-0.25, -0.2) is 0 Å². The summed E-state index contributed by atoms with van der Waals surface area (Å²) in [6.07, 6.45) is 5.69. The maximum absolute atomic E-state index is 12.4. The number of unbranched alkanes of at least 4 members (excludes halogenated alkanes) is 1. The van der Waals surface area contributed by atoms with Crippen LogP contribution in [0.3, 0.4) is 0 Å². The molecule has 1 aliphatic rings. The smallest absolute Gasteiger partial charge is 0.237 e. The normalized spacial score (nSPS) is 13.0. The lowest BCUT2D eigenvalue weighted by molar-refractivity contribution is -0.134. The Hall–Kier alpha value is -1.84. The minimum atomic E-state index is -0.451. The van der Waals surface area contributed by atoms with Gasteiger partial charge in [0.1, 0.15) is 0 Å². The third kappa shape index (κ3) is 4.31. The summed E-state index contributed by atoms with van der Waals surface area (Å²) in [5, 5.41) is 0. The van der Waals surface area contributed by atoms with Crippen molar-refractivity contribution in [3.8, 4) is 0 Å². The van der Waals surface area contributed by atoms with Crippen molar-refractivity contribution in [2.45, 2.75) is 45.4 Å². The number of fused-ring (bicyclic) bond motifs is 1. The van der Waals surface area contributed by atoms with Crippen LogP contribution in [0.2, 0.25) is 0 Å². The average Bonchev–Trinajstić information content (AvgIpc) is 2.90. The molecule has 0 heterocycles. The number of benzene rings is 1. The molecule has 0 radical (unpaired) electrons. The highest BCUT2D eigenvalue weighted by Gasteiger charge is 2.17. The van der Waals surface area contributed by atoms with Crippen LogP contribution in [0.15, 0.2) is 18.2 Å². The lowest BCUT2D eigenvalue weighted by atomic mass is 10.0. The summed E-state index contributed by atoms with van der Waals surface area (Å²) in [6, 6.07) is 6.31. The highest BCUT2D eigenvalue weighted by Crippen LogP contribution is 2.23. The van der Waals surface area contributed by atoms with Crippen LogP contribution < -0.4 is 5.73 Å². The molecule has 2 N–H and O–H groups in total. The third-order valence-electron chi connectivity index (χ3n) is 4.00. The molecule has 4 nitrogen and oxygen atoms in total.